The minimum absolute atomic E-state index is 0.129. The van der Waals surface area contributed by atoms with Gasteiger partial charge in [-0.1, -0.05) is 31.9 Å². The molecule has 2 aromatic rings. The lowest BCUT2D eigenvalue weighted by Crippen LogP contribution is -2.12. The Hall–Kier alpha value is -1.82. The topological polar surface area (TPSA) is 74.8 Å². The van der Waals surface area contributed by atoms with Crippen LogP contribution < -0.4 is 4.72 Å². The second kappa shape index (κ2) is 6.56. The van der Waals surface area contributed by atoms with Gasteiger partial charge in [-0.05, 0) is 30.5 Å². The van der Waals surface area contributed by atoms with Crippen LogP contribution in [0.4, 0.5) is 5.69 Å². The Morgan fingerprint density at radius 3 is 2.55 bits per heavy atom. The summed E-state index contributed by atoms with van der Waals surface area (Å²) < 4.78 is 26.5. The van der Waals surface area contributed by atoms with Crippen molar-refractivity contribution >= 4 is 15.7 Å². The number of benzene rings is 1. The van der Waals surface area contributed by atoms with E-state index in [0.717, 1.165) is 12.8 Å². The first-order valence-corrected chi connectivity index (χ1v) is 8.20. The summed E-state index contributed by atoms with van der Waals surface area (Å²) in [6.45, 7) is 2.17. The molecule has 108 valence electrons. The average molecular weight is 293 g/mol. The van der Waals surface area contributed by atoms with Crippen LogP contribution in [0.2, 0.25) is 0 Å². The normalized spacial score (nSPS) is 11.4. The van der Waals surface area contributed by atoms with Crippen LogP contribution in [0, 0.1) is 0 Å². The number of hydrogen-bond donors (Lipinski definition) is 2. The lowest BCUT2D eigenvalue weighted by atomic mass is 10.1. The molecule has 2 N–H and O–H groups in total. The monoisotopic (exact) mass is 293 g/mol. The first kappa shape index (κ1) is 14.6. The summed E-state index contributed by atoms with van der Waals surface area (Å²) in [5, 5.41) is 6.13. The number of unbranched alkanes of at least 4 members (excludes halogenated alkanes) is 2. The predicted octanol–water partition coefficient (Wildman–Crippen LogP) is 2.94. The molecule has 0 spiro atoms. The number of aromatic nitrogens is 2. The van der Waals surface area contributed by atoms with Crippen LogP contribution in [0.15, 0.2) is 41.6 Å². The van der Waals surface area contributed by atoms with Crippen molar-refractivity contribution in [2.45, 2.75) is 37.5 Å². The highest BCUT2D eigenvalue weighted by Crippen LogP contribution is 2.16. The van der Waals surface area contributed by atoms with E-state index in [9.17, 15) is 8.42 Å². The van der Waals surface area contributed by atoms with Gasteiger partial charge in [-0.2, -0.15) is 5.10 Å². The molecule has 0 aliphatic heterocycles. The molecule has 0 saturated carbocycles. The van der Waals surface area contributed by atoms with E-state index < -0.39 is 10.0 Å². The zero-order chi connectivity index (χ0) is 14.4. The second-order valence-electron chi connectivity index (χ2n) is 4.69. The van der Waals surface area contributed by atoms with Crippen LogP contribution in [0.25, 0.3) is 0 Å². The molecule has 0 bridgehead atoms. The fourth-order valence-corrected chi connectivity index (χ4v) is 2.88. The molecular formula is C14H19N3O2S. The molecule has 2 rings (SSSR count). The van der Waals surface area contributed by atoms with Gasteiger partial charge in [0, 0.05) is 11.9 Å². The van der Waals surface area contributed by atoms with Crippen LogP contribution in [0.5, 0.6) is 0 Å². The van der Waals surface area contributed by atoms with Crippen molar-refractivity contribution in [2.75, 3.05) is 4.72 Å². The zero-order valence-corrected chi connectivity index (χ0v) is 12.3. The third-order valence-corrected chi connectivity index (χ3v) is 4.41. The molecule has 0 aliphatic carbocycles. The summed E-state index contributed by atoms with van der Waals surface area (Å²) in [6.07, 6.45) is 7.24. The summed E-state index contributed by atoms with van der Waals surface area (Å²) in [4.78, 5) is 0.129. The molecule has 0 saturated heterocycles. The Kier molecular flexibility index (Phi) is 4.79. The van der Waals surface area contributed by atoms with E-state index in [-0.39, 0.29) is 4.90 Å². The highest BCUT2D eigenvalue weighted by Gasteiger charge is 2.14. The molecule has 0 atom stereocenters. The maximum Gasteiger partial charge on any atom is 0.265 e. The standard InChI is InChI=1S/C14H19N3O2S/c1-2-3-4-5-12-6-8-13(9-7-12)17-20(18,19)14-10-15-16-11-14/h6-11,17H,2-5H2,1H3,(H,15,16). The summed E-state index contributed by atoms with van der Waals surface area (Å²) >= 11 is 0. The van der Waals surface area contributed by atoms with Crippen molar-refractivity contribution in [3.05, 3.63) is 42.2 Å². The molecule has 1 aromatic heterocycles. The van der Waals surface area contributed by atoms with E-state index in [2.05, 4.69) is 21.8 Å². The predicted molar refractivity (Wildman–Crippen MR) is 79.1 cm³/mol. The van der Waals surface area contributed by atoms with Crippen LogP contribution in [0.3, 0.4) is 0 Å². The lowest BCUT2D eigenvalue weighted by molar-refractivity contribution is 0.601. The number of aryl methyl sites for hydroxylation is 1. The van der Waals surface area contributed by atoms with Gasteiger partial charge in [0.1, 0.15) is 4.90 Å². The van der Waals surface area contributed by atoms with Gasteiger partial charge in [-0.15, -0.1) is 0 Å². The SMILES string of the molecule is CCCCCc1ccc(NS(=O)(=O)c2cn[nH]c2)cc1. The first-order chi connectivity index (χ1) is 9.62. The Balaban J connectivity index is 2.00. The van der Waals surface area contributed by atoms with Gasteiger partial charge in [0.05, 0.1) is 6.20 Å². The summed E-state index contributed by atoms with van der Waals surface area (Å²) in [5.74, 6) is 0. The van der Waals surface area contributed by atoms with E-state index >= 15 is 0 Å². The fourth-order valence-electron chi connectivity index (χ4n) is 1.92. The molecule has 0 aliphatic rings. The van der Waals surface area contributed by atoms with Crippen molar-refractivity contribution < 1.29 is 8.42 Å². The van der Waals surface area contributed by atoms with E-state index in [1.165, 1.54) is 30.8 Å². The molecule has 6 heteroatoms. The quantitative estimate of drug-likeness (QED) is 0.771. The Labute approximate surface area is 119 Å². The van der Waals surface area contributed by atoms with Crippen LogP contribution in [-0.4, -0.2) is 18.6 Å². The molecule has 20 heavy (non-hydrogen) atoms. The summed E-state index contributed by atoms with van der Waals surface area (Å²) in [6, 6.07) is 7.50. The van der Waals surface area contributed by atoms with Crippen molar-refractivity contribution in [2.24, 2.45) is 0 Å². The van der Waals surface area contributed by atoms with E-state index in [0.29, 0.717) is 5.69 Å². The van der Waals surface area contributed by atoms with Gasteiger partial charge < -0.3 is 0 Å². The van der Waals surface area contributed by atoms with Crippen molar-refractivity contribution in [3.63, 3.8) is 0 Å². The van der Waals surface area contributed by atoms with Crippen molar-refractivity contribution in [3.8, 4) is 0 Å². The third-order valence-electron chi connectivity index (χ3n) is 3.06. The number of aromatic amines is 1. The Morgan fingerprint density at radius 1 is 1.20 bits per heavy atom. The molecule has 0 radical (unpaired) electrons. The molecule has 5 nitrogen and oxygen atoms in total. The maximum atomic E-state index is 12.0. The Bertz CT molecular complexity index is 619. The average Bonchev–Trinajstić information content (AvgIpc) is 2.95. The molecule has 0 amide bonds. The number of hydrogen-bond acceptors (Lipinski definition) is 3. The summed E-state index contributed by atoms with van der Waals surface area (Å²) in [7, 11) is -3.55. The highest BCUT2D eigenvalue weighted by molar-refractivity contribution is 7.92. The van der Waals surface area contributed by atoms with E-state index in [1.807, 2.05) is 12.1 Å². The van der Waals surface area contributed by atoms with Crippen LogP contribution in [0.1, 0.15) is 31.7 Å². The van der Waals surface area contributed by atoms with Crippen LogP contribution >= 0.6 is 0 Å². The van der Waals surface area contributed by atoms with Crippen molar-refractivity contribution in [1.29, 1.82) is 0 Å². The third kappa shape index (κ3) is 3.84. The van der Waals surface area contributed by atoms with Gasteiger partial charge in [-0.25, -0.2) is 8.42 Å². The Morgan fingerprint density at radius 2 is 1.95 bits per heavy atom. The minimum Gasteiger partial charge on any atom is -0.284 e. The second-order valence-corrected chi connectivity index (χ2v) is 6.38. The lowest BCUT2D eigenvalue weighted by Gasteiger charge is -2.07. The van der Waals surface area contributed by atoms with Crippen molar-refractivity contribution in [1.82, 2.24) is 10.2 Å². The van der Waals surface area contributed by atoms with E-state index in [4.69, 9.17) is 0 Å². The molecule has 1 heterocycles. The molecule has 1 aromatic carbocycles. The minimum atomic E-state index is -3.55. The smallest absolute Gasteiger partial charge is 0.265 e. The number of nitrogens with zero attached hydrogens (tertiary/aromatic N) is 1. The van der Waals surface area contributed by atoms with E-state index in [1.54, 1.807) is 12.1 Å². The first-order valence-electron chi connectivity index (χ1n) is 6.72. The largest absolute Gasteiger partial charge is 0.284 e. The molecule has 0 fully saturated rings. The summed E-state index contributed by atoms with van der Waals surface area (Å²) in [5.41, 5.74) is 1.79. The maximum absolute atomic E-state index is 12.0. The van der Waals surface area contributed by atoms with Gasteiger partial charge in [0.25, 0.3) is 10.0 Å². The molecule has 0 unspecified atom stereocenters. The van der Waals surface area contributed by atoms with Gasteiger partial charge in [0.2, 0.25) is 0 Å². The zero-order valence-electron chi connectivity index (χ0n) is 11.5. The number of anilines is 1. The van der Waals surface area contributed by atoms with Gasteiger partial charge in [0.15, 0.2) is 0 Å². The van der Waals surface area contributed by atoms with Gasteiger partial charge >= 0.3 is 0 Å². The number of H-pyrrole nitrogens is 1. The van der Waals surface area contributed by atoms with Gasteiger partial charge in [-0.3, -0.25) is 9.82 Å². The fraction of sp³-hybridized carbons (Fsp3) is 0.357. The highest BCUT2D eigenvalue weighted by atomic mass is 32.2. The van der Waals surface area contributed by atoms with Crippen LogP contribution in [-0.2, 0) is 16.4 Å². The number of sulfonamides is 1. The number of nitrogens with one attached hydrogen (secondary N) is 2. The molecular weight excluding hydrogens is 274 g/mol. The number of rotatable bonds is 7.